The molecule has 7 heteroatoms. The zero-order chi connectivity index (χ0) is 14.4. The lowest BCUT2D eigenvalue weighted by Crippen LogP contribution is -2.28. The summed E-state index contributed by atoms with van der Waals surface area (Å²) < 4.78 is 21.9. The molecule has 1 aromatic heterocycles. The summed E-state index contributed by atoms with van der Waals surface area (Å²) in [4.78, 5) is 22.2. The van der Waals surface area contributed by atoms with E-state index in [1.165, 1.54) is 12.1 Å². The maximum Gasteiger partial charge on any atom is 0.371 e. The number of carboxylic acid groups (broad SMARTS) is 1. The molecule has 0 radical (unpaired) electrons. The number of ether oxygens (including phenoxy) is 1. The van der Waals surface area contributed by atoms with E-state index >= 15 is 0 Å². The first-order valence-corrected chi connectivity index (χ1v) is 7.23. The SMILES string of the molecule is CCOC(=O)C(CC)S(=O)Cc1ccc(C(=O)O)o1. The minimum Gasteiger partial charge on any atom is -0.475 e. The van der Waals surface area contributed by atoms with Crippen molar-refractivity contribution < 1.29 is 28.1 Å². The first-order valence-electron chi connectivity index (χ1n) is 5.85. The molecule has 106 valence electrons. The topological polar surface area (TPSA) is 93.8 Å². The Kier molecular flexibility index (Phi) is 5.75. The molecule has 1 aromatic rings. The van der Waals surface area contributed by atoms with E-state index in [0.717, 1.165) is 0 Å². The number of hydrogen-bond donors (Lipinski definition) is 1. The minimum atomic E-state index is -1.50. The van der Waals surface area contributed by atoms with E-state index < -0.39 is 28.0 Å². The van der Waals surface area contributed by atoms with Gasteiger partial charge in [0.2, 0.25) is 5.76 Å². The van der Waals surface area contributed by atoms with E-state index in [2.05, 4.69) is 0 Å². The van der Waals surface area contributed by atoms with E-state index in [9.17, 15) is 13.8 Å². The van der Waals surface area contributed by atoms with Gasteiger partial charge in [0.1, 0.15) is 11.0 Å². The third-order valence-corrected chi connectivity index (χ3v) is 4.12. The maximum absolute atomic E-state index is 12.0. The van der Waals surface area contributed by atoms with Gasteiger partial charge < -0.3 is 14.3 Å². The fourth-order valence-corrected chi connectivity index (χ4v) is 2.80. The van der Waals surface area contributed by atoms with Gasteiger partial charge in [-0.05, 0) is 25.5 Å². The van der Waals surface area contributed by atoms with Crippen LogP contribution in [-0.4, -0.2) is 33.1 Å². The zero-order valence-electron chi connectivity index (χ0n) is 10.8. The molecule has 2 unspecified atom stereocenters. The van der Waals surface area contributed by atoms with Crippen LogP contribution in [-0.2, 0) is 26.1 Å². The number of esters is 1. The van der Waals surface area contributed by atoms with Crippen LogP contribution in [0.15, 0.2) is 16.5 Å². The lowest BCUT2D eigenvalue weighted by Gasteiger charge is -2.12. The summed E-state index contributed by atoms with van der Waals surface area (Å²) in [6.07, 6.45) is 0.387. The number of carbonyl (C=O) groups excluding carboxylic acids is 1. The van der Waals surface area contributed by atoms with Crippen molar-refractivity contribution >= 4 is 22.7 Å². The second-order valence-corrected chi connectivity index (χ2v) is 5.36. The number of aromatic carboxylic acids is 1. The average Bonchev–Trinajstić information content (AvgIpc) is 2.78. The number of carbonyl (C=O) groups is 2. The molecular weight excluding hydrogens is 272 g/mol. The molecule has 0 bridgehead atoms. The third-order valence-electron chi connectivity index (χ3n) is 2.39. The molecule has 6 nitrogen and oxygen atoms in total. The average molecular weight is 288 g/mol. The summed E-state index contributed by atoms with van der Waals surface area (Å²) in [5.74, 6) is -1.64. The van der Waals surface area contributed by atoms with Crippen molar-refractivity contribution in [3.05, 3.63) is 23.7 Å². The molecule has 0 aliphatic rings. The van der Waals surface area contributed by atoms with E-state index in [-0.39, 0.29) is 23.9 Å². The molecular formula is C12H16O6S. The van der Waals surface area contributed by atoms with Crippen LogP contribution in [0.4, 0.5) is 0 Å². The Hall–Kier alpha value is -1.63. The fourth-order valence-electron chi connectivity index (χ4n) is 1.51. The van der Waals surface area contributed by atoms with Crippen LogP contribution in [0.1, 0.15) is 36.6 Å². The molecule has 0 saturated carbocycles. The van der Waals surface area contributed by atoms with Crippen molar-refractivity contribution in [2.24, 2.45) is 0 Å². The highest BCUT2D eigenvalue weighted by Gasteiger charge is 2.25. The van der Waals surface area contributed by atoms with Crippen LogP contribution in [0.2, 0.25) is 0 Å². The van der Waals surface area contributed by atoms with Gasteiger partial charge in [-0.1, -0.05) is 6.92 Å². The van der Waals surface area contributed by atoms with Gasteiger partial charge in [0.25, 0.3) is 0 Å². The summed E-state index contributed by atoms with van der Waals surface area (Å²) in [5.41, 5.74) is 0. The van der Waals surface area contributed by atoms with Gasteiger partial charge in [-0.2, -0.15) is 0 Å². The highest BCUT2D eigenvalue weighted by Crippen LogP contribution is 2.14. The van der Waals surface area contributed by atoms with Gasteiger partial charge >= 0.3 is 11.9 Å². The summed E-state index contributed by atoms with van der Waals surface area (Å²) in [7, 11) is -1.50. The molecule has 0 amide bonds. The molecule has 0 saturated heterocycles. The molecule has 2 atom stereocenters. The summed E-state index contributed by atoms with van der Waals surface area (Å²) in [6, 6.07) is 2.74. The predicted molar refractivity (Wildman–Crippen MR) is 68.2 cm³/mol. The molecule has 0 aliphatic carbocycles. The number of rotatable bonds is 7. The minimum absolute atomic E-state index is 0.00932. The molecule has 0 spiro atoms. The Bertz CT molecular complexity index is 478. The predicted octanol–water partition coefficient (Wildman–Crippen LogP) is 1.57. The van der Waals surface area contributed by atoms with Crippen LogP contribution in [0.25, 0.3) is 0 Å². The van der Waals surface area contributed by atoms with Gasteiger partial charge in [-0.3, -0.25) is 9.00 Å². The molecule has 0 aromatic carbocycles. The highest BCUT2D eigenvalue weighted by atomic mass is 32.2. The van der Waals surface area contributed by atoms with E-state index in [0.29, 0.717) is 6.42 Å². The Morgan fingerprint density at radius 3 is 2.58 bits per heavy atom. The van der Waals surface area contributed by atoms with Crippen molar-refractivity contribution in [3.8, 4) is 0 Å². The standard InChI is InChI=1S/C12H16O6S/c1-3-10(12(15)17-4-2)19(16)7-8-5-6-9(18-8)11(13)14/h5-6,10H,3-4,7H2,1-2H3,(H,13,14). The Labute approximate surface area is 113 Å². The maximum atomic E-state index is 12.0. The van der Waals surface area contributed by atoms with Crippen LogP contribution >= 0.6 is 0 Å². The largest absolute Gasteiger partial charge is 0.475 e. The van der Waals surface area contributed by atoms with Crippen LogP contribution in [0, 0.1) is 0 Å². The molecule has 1 N–H and O–H groups in total. The van der Waals surface area contributed by atoms with E-state index in [1.807, 2.05) is 0 Å². The van der Waals surface area contributed by atoms with Crippen molar-refractivity contribution in [2.75, 3.05) is 6.61 Å². The van der Waals surface area contributed by atoms with Gasteiger partial charge in [0, 0.05) is 10.8 Å². The van der Waals surface area contributed by atoms with Crippen LogP contribution in [0.5, 0.6) is 0 Å². The van der Waals surface area contributed by atoms with Gasteiger partial charge in [0.15, 0.2) is 0 Å². The van der Waals surface area contributed by atoms with Crippen molar-refractivity contribution in [2.45, 2.75) is 31.3 Å². The zero-order valence-corrected chi connectivity index (χ0v) is 11.6. The van der Waals surface area contributed by atoms with Crippen molar-refractivity contribution in [3.63, 3.8) is 0 Å². The van der Waals surface area contributed by atoms with Crippen LogP contribution < -0.4 is 0 Å². The first-order chi connectivity index (χ1) is 8.99. The number of hydrogen-bond acceptors (Lipinski definition) is 5. The first kappa shape index (κ1) is 15.4. The molecule has 1 heterocycles. The van der Waals surface area contributed by atoms with Crippen LogP contribution in [0.3, 0.4) is 0 Å². The van der Waals surface area contributed by atoms with Crippen molar-refractivity contribution in [1.82, 2.24) is 0 Å². The molecule has 0 aliphatic heterocycles. The summed E-state index contributed by atoms with van der Waals surface area (Å²) in [6.45, 7) is 3.65. The normalized spacial score (nSPS) is 13.8. The van der Waals surface area contributed by atoms with Gasteiger partial charge in [0.05, 0.1) is 12.4 Å². The monoisotopic (exact) mass is 288 g/mol. The van der Waals surface area contributed by atoms with Crippen molar-refractivity contribution in [1.29, 1.82) is 0 Å². The Morgan fingerprint density at radius 2 is 2.11 bits per heavy atom. The fraction of sp³-hybridized carbons (Fsp3) is 0.500. The quantitative estimate of drug-likeness (QED) is 0.765. The summed E-state index contributed by atoms with van der Waals surface area (Å²) in [5, 5.41) is 7.98. The van der Waals surface area contributed by atoms with Gasteiger partial charge in [-0.15, -0.1) is 0 Å². The Balaban J connectivity index is 2.71. The molecule has 0 fully saturated rings. The van der Waals surface area contributed by atoms with E-state index in [1.54, 1.807) is 13.8 Å². The number of carboxylic acids is 1. The molecule has 1 rings (SSSR count). The lowest BCUT2D eigenvalue weighted by atomic mass is 10.3. The second-order valence-electron chi connectivity index (χ2n) is 3.75. The second kappa shape index (κ2) is 7.08. The van der Waals surface area contributed by atoms with E-state index in [4.69, 9.17) is 14.3 Å². The smallest absolute Gasteiger partial charge is 0.371 e. The number of furan rings is 1. The lowest BCUT2D eigenvalue weighted by molar-refractivity contribution is -0.142. The molecule has 19 heavy (non-hydrogen) atoms. The Morgan fingerprint density at radius 1 is 1.42 bits per heavy atom. The summed E-state index contributed by atoms with van der Waals surface area (Å²) >= 11 is 0. The van der Waals surface area contributed by atoms with Gasteiger partial charge in [-0.25, -0.2) is 4.79 Å². The third kappa shape index (κ3) is 4.20. The highest BCUT2D eigenvalue weighted by molar-refractivity contribution is 7.85.